The van der Waals surface area contributed by atoms with E-state index in [4.69, 9.17) is 5.73 Å². The lowest BCUT2D eigenvalue weighted by Gasteiger charge is -2.37. The summed E-state index contributed by atoms with van der Waals surface area (Å²) in [5.74, 6) is -1.68. The van der Waals surface area contributed by atoms with E-state index in [2.05, 4.69) is 27.1 Å². The maximum Gasteiger partial charge on any atom is 0.149 e. The van der Waals surface area contributed by atoms with Gasteiger partial charge >= 0.3 is 0 Å². The Morgan fingerprint density at radius 1 is 1.06 bits per heavy atom. The van der Waals surface area contributed by atoms with Gasteiger partial charge in [-0.1, -0.05) is 6.92 Å². The standard InChI is InChI=1S/C26H28F3N5/c1-15-8-18(30)14-34(13-15)24-6-7-31-12-23(24)32-11-19-4-5-20(27)26(33-19)25-21(28)9-17(10-22(25)29)16-2-3-16/h4-7,9-10,12,15-16,18,32H,2-3,8,11,13-14,30H2,1H3. The largest absolute Gasteiger partial charge is 0.376 e. The molecule has 0 bridgehead atoms. The van der Waals surface area contributed by atoms with Crippen molar-refractivity contribution in [3.05, 3.63) is 71.4 Å². The van der Waals surface area contributed by atoms with Crippen molar-refractivity contribution < 1.29 is 13.2 Å². The predicted molar refractivity (Wildman–Crippen MR) is 127 cm³/mol. The second kappa shape index (κ2) is 9.25. The molecule has 3 aromatic rings. The molecule has 2 atom stereocenters. The van der Waals surface area contributed by atoms with Gasteiger partial charge in [0, 0.05) is 25.3 Å². The summed E-state index contributed by atoms with van der Waals surface area (Å²) in [6.45, 7) is 4.06. The zero-order chi connectivity index (χ0) is 23.8. The zero-order valence-corrected chi connectivity index (χ0v) is 19.1. The van der Waals surface area contributed by atoms with Gasteiger partial charge in [0.1, 0.15) is 23.1 Å². The maximum absolute atomic E-state index is 14.8. The number of piperidine rings is 1. The number of anilines is 2. The number of nitrogens with zero attached hydrogens (tertiary/aromatic N) is 3. The van der Waals surface area contributed by atoms with Crippen molar-refractivity contribution in [2.24, 2.45) is 11.7 Å². The van der Waals surface area contributed by atoms with Crippen LogP contribution in [0.15, 0.2) is 42.7 Å². The molecule has 34 heavy (non-hydrogen) atoms. The zero-order valence-electron chi connectivity index (χ0n) is 19.1. The third-order valence-electron chi connectivity index (χ3n) is 6.54. The summed E-state index contributed by atoms with van der Waals surface area (Å²) >= 11 is 0. The highest BCUT2D eigenvalue weighted by atomic mass is 19.1. The first-order chi connectivity index (χ1) is 16.4. The minimum Gasteiger partial charge on any atom is -0.376 e. The quantitative estimate of drug-likeness (QED) is 0.520. The topological polar surface area (TPSA) is 67.1 Å². The van der Waals surface area contributed by atoms with Crippen molar-refractivity contribution in [1.82, 2.24) is 9.97 Å². The summed E-state index contributed by atoms with van der Waals surface area (Å²) in [5, 5.41) is 3.30. The Morgan fingerprint density at radius 2 is 1.82 bits per heavy atom. The summed E-state index contributed by atoms with van der Waals surface area (Å²) in [4.78, 5) is 10.7. The number of nitrogens with two attached hydrogens (primary N) is 1. The van der Waals surface area contributed by atoms with Crippen molar-refractivity contribution >= 4 is 11.4 Å². The molecule has 1 saturated heterocycles. The molecular weight excluding hydrogens is 439 g/mol. The van der Waals surface area contributed by atoms with Crippen LogP contribution in [0.4, 0.5) is 24.5 Å². The third-order valence-corrected chi connectivity index (χ3v) is 6.54. The van der Waals surface area contributed by atoms with Gasteiger partial charge in [0.15, 0.2) is 0 Å². The van der Waals surface area contributed by atoms with Crippen LogP contribution in [0.3, 0.4) is 0 Å². The summed E-state index contributed by atoms with van der Waals surface area (Å²) in [6, 6.07) is 7.34. The van der Waals surface area contributed by atoms with Crippen LogP contribution in [0.25, 0.3) is 11.3 Å². The van der Waals surface area contributed by atoms with E-state index in [-0.39, 0.29) is 24.2 Å². The second-order valence-electron chi connectivity index (χ2n) is 9.52. The monoisotopic (exact) mass is 467 g/mol. The highest BCUT2D eigenvalue weighted by Crippen LogP contribution is 2.42. The lowest BCUT2D eigenvalue weighted by molar-refractivity contribution is 0.402. The van der Waals surface area contributed by atoms with E-state index in [1.807, 2.05) is 6.07 Å². The minimum atomic E-state index is -0.788. The van der Waals surface area contributed by atoms with Crippen molar-refractivity contribution in [2.45, 2.75) is 44.7 Å². The molecule has 0 amide bonds. The van der Waals surface area contributed by atoms with Gasteiger partial charge in [0.25, 0.3) is 0 Å². The highest BCUT2D eigenvalue weighted by Gasteiger charge is 2.27. The molecule has 2 fully saturated rings. The SMILES string of the molecule is CC1CC(N)CN(c2ccncc2NCc2ccc(F)c(-c3c(F)cc(C4CC4)cc3F)n2)C1. The third kappa shape index (κ3) is 4.73. The fourth-order valence-electron chi connectivity index (χ4n) is 4.81. The molecule has 8 heteroatoms. The first kappa shape index (κ1) is 22.7. The Morgan fingerprint density at radius 3 is 2.53 bits per heavy atom. The molecular formula is C26H28F3N5. The van der Waals surface area contributed by atoms with Crippen LogP contribution in [0, 0.1) is 23.4 Å². The number of pyridine rings is 2. The van der Waals surface area contributed by atoms with Gasteiger partial charge in [0.2, 0.25) is 0 Å². The van der Waals surface area contributed by atoms with Crippen LogP contribution < -0.4 is 16.0 Å². The molecule has 0 spiro atoms. The van der Waals surface area contributed by atoms with Gasteiger partial charge in [-0.15, -0.1) is 0 Å². The molecule has 2 aromatic heterocycles. The van der Waals surface area contributed by atoms with Crippen molar-refractivity contribution in [1.29, 1.82) is 0 Å². The molecule has 0 radical (unpaired) electrons. The molecule has 3 N–H and O–H groups in total. The molecule has 2 aliphatic rings. The molecule has 5 nitrogen and oxygen atoms in total. The lowest BCUT2D eigenvalue weighted by atomic mass is 9.96. The molecule has 3 heterocycles. The number of hydrogen-bond acceptors (Lipinski definition) is 5. The van der Waals surface area contributed by atoms with Gasteiger partial charge < -0.3 is 16.0 Å². The van der Waals surface area contributed by atoms with Crippen molar-refractivity contribution in [3.8, 4) is 11.3 Å². The van der Waals surface area contributed by atoms with Crippen molar-refractivity contribution in [2.75, 3.05) is 23.3 Å². The molecule has 178 valence electrons. The van der Waals surface area contributed by atoms with E-state index in [0.29, 0.717) is 17.2 Å². The van der Waals surface area contributed by atoms with Crippen LogP contribution in [0.5, 0.6) is 0 Å². The van der Waals surface area contributed by atoms with Crippen molar-refractivity contribution in [3.63, 3.8) is 0 Å². The summed E-state index contributed by atoms with van der Waals surface area (Å²) in [6.07, 6.45) is 6.29. The van der Waals surface area contributed by atoms with Crippen LogP contribution in [0.1, 0.15) is 43.4 Å². The Hall–Kier alpha value is -3.13. The van der Waals surface area contributed by atoms with Crippen LogP contribution >= 0.6 is 0 Å². The number of rotatable bonds is 6. The fraction of sp³-hybridized carbons (Fsp3) is 0.385. The van der Waals surface area contributed by atoms with Crippen LogP contribution in [-0.4, -0.2) is 29.1 Å². The van der Waals surface area contributed by atoms with E-state index >= 15 is 0 Å². The fourth-order valence-corrected chi connectivity index (χ4v) is 4.81. The normalized spacial score (nSPS) is 20.4. The van der Waals surface area contributed by atoms with E-state index in [9.17, 15) is 13.2 Å². The number of benzene rings is 1. The predicted octanol–water partition coefficient (Wildman–Crippen LogP) is 5.22. The van der Waals surface area contributed by atoms with Gasteiger partial charge in [-0.2, -0.15) is 0 Å². The average molecular weight is 468 g/mol. The Labute approximate surface area is 197 Å². The van der Waals surface area contributed by atoms with E-state index < -0.39 is 23.0 Å². The first-order valence-electron chi connectivity index (χ1n) is 11.7. The number of aromatic nitrogens is 2. The summed E-state index contributed by atoms with van der Waals surface area (Å²) < 4.78 is 44.2. The van der Waals surface area contributed by atoms with E-state index in [1.54, 1.807) is 12.4 Å². The lowest BCUT2D eigenvalue weighted by Crippen LogP contribution is -2.46. The second-order valence-corrected chi connectivity index (χ2v) is 9.52. The van der Waals surface area contributed by atoms with Gasteiger partial charge in [-0.25, -0.2) is 18.2 Å². The Balaban J connectivity index is 1.38. The smallest absolute Gasteiger partial charge is 0.149 e. The Kier molecular flexibility index (Phi) is 6.16. The van der Waals surface area contributed by atoms with Crippen LogP contribution in [-0.2, 0) is 6.54 Å². The minimum absolute atomic E-state index is 0.0992. The van der Waals surface area contributed by atoms with E-state index in [0.717, 1.165) is 43.7 Å². The molecule has 1 aliphatic carbocycles. The summed E-state index contributed by atoms with van der Waals surface area (Å²) in [5.41, 5.74) is 8.32. The average Bonchev–Trinajstić information content (AvgIpc) is 3.64. The molecule has 1 saturated carbocycles. The highest BCUT2D eigenvalue weighted by molar-refractivity contribution is 5.69. The van der Waals surface area contributed by atoms with Gasteiger partial charge in [0.05, 0.1) is 35.4 Å². The number of hydrogen-bond donors (Lipinski definition) is 2. The van der Waals surface area contributed by atoms with Gasteiger partial charge in [-0.05, 0) is 67.0 Å². The van der Waals surface area contributed by atoms with Gasteiger partial charge in [-0.3, -0.25) is 4.98 Å². The molecule has 2 unspecified atom stereocenters. The maximum atomic E-state index is 14.8. The molecule has 1 aromatic carbocycles. The Bertz CT molecular complexity index is 1160. The molecule has 5 rings (SSSR count). The molecule has 1 aliphatic heterocycles. The van der Waals surface area contributed by atoms with Crippen LogP contribution in [0.2, 0.25) is 0 Å². The first-order valence-corrected chi connectivity index (χ1v) is 11.7. The summed E-state index contributed by atoms with van der Waals surface area (Å²) in [7, 11) is 0. The number of halogens is 3. The van der Waals surface area contributed by atoms with E-state index in [1.165, 1.54) is 24.3 Å². The number of nitrogens with one attached hydrogen (secondary N) is 1.